The lowest BCUT2D eigenvalue weighted by molar-refractivity contribution is -0.887. The Labute approximate surface area is 293 Å². The zero-order chi connectivity index (χ0) is 35.7. The highest BCUT2D eigenvalue weighted by Gasteiger charge is 2.31. The fourth-order valence-corrected chi connectivity index (χ4v) is 5.23. The number of hydrogen-bond donors (Lipinski definition) is 1. The van der Waals surface area contributed by atoms with Crippen LogP contribution in [0.1, 0.15) is 149 Å². The number of carbonyl (C=O) groups excluding carboxylic acids is 2. The highest BCUT2D eigenvalue weighted by atomic mass is 16.6. The maximum Gasteiger partial charge on any atom is 0.362 e. The summed E-state index contributed by atoms with van der Waals surface area (Å²) in [5, 5.41) is 9.57. The van der Waals surface area contributed by atoms with Crippen molar-refractivity contribution in [3.63, 3.8) is 0 Å². The normalized spacial score (nSPS) is 13.4. The van der Waals surface area contributed by atoms with Crippen molar-refractivity contribution in [3.05, 3.63) is 36.5 Å². The Morgan fingerprint density at radius 1 is 0.625 bits per heavy atom. The molecular formula is C40H72NO7+. The van der Waals surface area contributed by atoms with Crippen LogP contribution in [-0.2, 0) is 28.6 Å². The summed E-state index contributed by atoms with van der Waals surface area (Å²) in [6.45, 7) is 4.59. The minimum atomic E-state index is -0.881. The molecule has 0 spiro atoms. The zero-order valence-corrected chi connectivity index (χ0v) is 31.4. The first-order chi connectivity index (χ1) is 23.1. The maximum absolute atomic E-state index is 12.6. The Morgan fingerprint density at radius 2 is 1.15 bits per heavy atom. The Kier molecular flexibility index (Phi) is 30.2. The Hall–Kier alpha value is -2.45. The molecule has 0 aromatic heterocycles. The van der Waals surface area contributed by atoms with Crippen molar-refractivity contribution in [3.8, 4) is 0 Å². The molecular weight excluding hydrogens is 606 g/mol. The smallest absolute Gasteiger partial charge is 0.362 e. The van der Waals surface area contributed by atoms with Crippen molar-refractivity contribution in [2.45, 2.75) is 161 Å². The highest BCUT2D eigenvalue weighted by Crippen LogP contribution is 2.13. The second-order valence-corrected chi connectivity index (χ2v) is 13.8. The molecule has 48 heavy (non-hydrogen) atoms. The largest absolute Gasteiger partial charge is 0.477 e. The number of carboxylic acid groups (broad SMARTS) is 1. The van der Waals surface area contributed by atoms with E-state index < -0.39 is 18.1 Å². The predicted octanol–water partition coefficient (Wildman–Crippen LogP) is 9.52. The molecule has 8 nitrogen and oxygen atoms in total. The van der Waals surface area contributed by atoms with Gasteiger partial charge in [-0.3, -0.25) is 9.59 Å². The van der Waals surface area contributed by atoms with Crippen LogP contribution in [0.2, 0.25) is 0 Å². The van der Waals surface area contributed by atoms with Gasteiger partial charge in [0.1, 0.15) is 6.61 Å². The van der Waals surface area contributed by atoms with Crippen LogP contribution >= 0.6 is 0 Å². The molecule has 0 aliphatic rings. The highest BCUT2D eigenvalue weighted by molar-refractivity contribution is 5.72. The summed E-state index contributed by atoms with van der Waals surface area (Å²) in [7, 11) is 5.50. The van der Waals surface area contributed by atoms with Gasteiger partial charge in [0.15, 0.2) is 12.1 Å². The molecule has 0 aliphatic carbocycles. The first kappa shape index (κ1) is 45.6. The number of rotatable bonds is 33. The number of carboxylic acids is 1. The van der Waals surface area contributed by atoms with Crippen molar-refractivity contribution in [1.29, 1.82) is 0 Å². The van der Waals surface area contributed by atoms with E-state index in [1.165, 1.54) is 32.1 Å². The average molecular weight is 679 g/mol. The van der Waals surface area contributed by atoms with Gasteiger partial charge in [-0.05, 0) is 57.8 Å². The number of esters is 2. The second-order valence-electron chi connectivity index (χ2n) is 13.8. The number of allylic oxidation sites excluding steroid dienone is 6. The van der Waals surface area contributed by atoms with E-state index in [2.05, 4.69) is 50.3 Å². The molecule has 0 saturated carbocycles. The van der Waals surface area contributed by atoms with E-state index in [9.17, 15) is 19.5 Å². The molecule has 0 saturated heterocycles. The molecule has 0 aromatic rings. The quantitative estimate of drug-likeness (QED) is 0.0319. The van der Waals surface area contributed by atoms with E-state index in [-0.39, 0.29) is 36.2 Å². The Balaban J connectivity index is 4.47. The Bertz CT molecular complexity index is 891. The van der Waals surface area contributed by atoms with Crippen LogP contribution in [0.15, 0.2) is 36.5 Å². The third-order valence-corrected chi connectivity index (χ3v) is 8.24. The summed E-state index contributed by atoms with van der Waals surface area (Å²) in [5.74, 6) is -1.50. The summed E-state index contributed by atoms with van der Waals surface area (Å²) in [5.41, 5.74) is 0. The van der Waals surface area contributed by atoms with Gasteiger partial charge in [-0.15, -0.1) is 0 Å². The van der Waals surface area contributed by atoms with E-state index >= 15 is 0 Å². The lowest BCUT2D eigenvalue weighted by atomic mass is 10.1. The second kappa shape index (κ2) is 31.8. The minimum Gasteiger partial charge on any atom is -0.477 e. The van der Waals surface area contributed by atoms with Gasteiger partial charge in [0, 0.05) is 19.3 Å². The van der Waals surface area contributed by atoms with E-state index in [0.717, 1.165) is 83.5 Å². The van der Waals surface area contributed by atoms with Crippen molar-refractivity contribution in [2.24, 2.45) is 0 Å². The molecule has 0 amide bonds. The maximum atomic E-state index is 12.6. The molecule has 0 fully saturated rings. The van der Waals surface area contributed by atoms with Crippen molar-refractivity contribution >= 4 is 17.9 Å². The molecule has 2 unspecified atom stereocenters. The molecule has 0 radical (unpaired) electrons. The zero-order valence-electron chi connectivity index (χ0n) is 31.4. The third-order valence-electron chi connectivity index (χ3n) is 8.24. The summed E-state index contributed by atoms with van der Waals surface area (Å²) in [4.78, 5) is 36.7. The molecule has 278 valence electrons. The molecule has 2 atom stereocenters. The van der Waals surface area contributed by atoms with Crippen molar-refractivity contribution in [2.75, 3.05) is 41.0 Å². The Morgan fingerprint density at radius 3 is 1.71 bits per heavy atom. The fourth-order valence-electron chi connectivity index (χ4n) is 5.23. The van der Waals surface area contributed by atoms with Gasteiger partial charge in [-0.25, -0.2) is 4.79 Å². The van der Waals surface area contributed by atoms with E-state index in [1.807, 2.05) is 21.1 Å². The SMILES string of the molecule is CCC/C=C\C/C=C\CCCCCCCC(=O)OC(COCCC(C(=O)O)[N+](C)(C)C)COC(=O)CCCCCCC/C=C\CCCC. The standard InChI is InChI=1S/C40H71NO7/c1-6-8-10-12-14-16-18-19-21-23-25-27-29-31-39(43)48-36(34-46-33-32-37(40(44)45)41(3,4)5)35-47-38(42)30-28-26-24-22-20-17-15-13-11-9-7-2/h10,12-13,15-16,18,36-37H,6-9,11,14,17,19-35H2,1-5H3/p+1/b12-10-,15-13-,18-16-. The van der Waals surface area contributed by atoms with Crippen LogP contribution in [0.25, 0.3) is 0 Å². The molecule has 0 rings (SSSR count). The van der Waals surface area contributed by atoms with E-state index in [1.54, 1.807) is 0 Å². The van der Waals surface area contributed by atoms with Crippen LogP contribution in [0.4, 0.5) is 0 Å². The van der Waals surface area contributed by atoms with Crippen LogP contribution in [0, 0.1) is 0 Å². The summed E-state index contributed by atoms with van der Waals surface area (Å²) >= 11 is 0. The van der Waals surface area contributed by atoms with E-state index in [4.69, 9.17) is 14.2 Å². The molecule has 0 bridgehead atoms. The number of quaternary nitrogens is 1. The average Bonchev–Trinajstić information content (AvgIpc) is 3.03. The van der Waals surface area contributed by atoms with Crippen molar-refractivity contribution in [1.82, 2.24) is 0 Å². The van der Waals surface area contributed by atoms with Gasteiger partial charge in [-0.1, -0.05) is 108 Å². The molecule has 0 aliphatic heterocycles. The number of nitrogens with zero attached hydrogens (tertiary/aromatic N) is 1. The molecule has 1 N–H and O–H groups in total. The minimum absolute atomic E-state index is 0.0529. The lowest BCUT2D eigenvalue weighted by Crippen LogP contribution is -2.50. The van der Waals surface area contributed by atoms with Gasteiger partial charge in [0.2, 0.25) is 0 Å². The summed E-state index contributed by atoms with van der Waals surface area (Å²) < 4.78 is 17.2. The fraction of sp³-hybridized carbons (Fsp3) is 0.775. The summed E-state index contributed by atoms with van der Waals surface area (Å²) in [6, 6.07) is -0.616. The number of unbranched alkanes of at least 4 members (excludes halogenated alkanes) is 13. The lowest BCUT2D eigenvalue weighted by Gasteiger charge is -2.31. The number of likely N-dealkylation sites (N-methyl/N-ethyl adjacent to an activating group) is 1. The van der Waals surface area contributed by atoms with Crippen LogP contribution in [0.5, 0.6) is 0 Å². The van der Waals surface area contributed by atoms with Gasteiger partial charge < -0.3 is 23.8 Å². The molecule has 0 heterocycles. The van der Waals surface area contributed by atoms with Gasteiger partial charge >= 0.3 is 17.9 Å². The molecule has 8 heteroatoms. The third kappa shape index (κ3) is 29.7. The number of hydrogen-bond acceptors (Lipinski definition) is 6. The van der Waals surface area contributed by atoms with Gasteiger partial charge in [0.05, 0.1) is 34.4 Å². The number of aliphatic carboxylic acids is 1. The number of carbonyl (C=O) groups is 3. The van der Waals surface area contributed by atoms with Gasteiger partial charge in [0.25, 0.3) is 0 Å². The molecule has 0 aromatic carbocycles. The first-order valence-corrected chi connectivity index (χ1v) is 19.0. The predicted molar refractivity (Wildman–Crippen MR) is 197 cm³/mol. The van der Waals surface area contributed by atoms with Crippen LogP contribution in [0.3, 0.4) is 0 Å². The summed E-state index contributed by atoms with van der Waals surface area (Å²) in [6.07, 6.45) is 33.2. The number of ether oxygens (including phenoxy) is 3. The van der Waals surface area contributed by atoms with Crippen molar-refractivity contribution < 1.29 is 38.2 Å². The van der Waals surface area contributed by atoms with E-state index in [0.29, 0.717) is 19.3 Å². The first-order valence-electron chi connectivity index (χ1n) is 19.0. The monoisotopic (exact) mass is 679 g/mol. The van der Waals surface area contributed by atoms with Gasteiger partial charge in [-0.2, -0.15) is 0 Å². The van der Waals surface area contributed by atoms with Crippen LogP contribution in [-0.4, -0.2) is 80.6 Å². The topological polar surface area (TPSA) is 99.1 Å². The van der Waals surface area contributed by atoms with Crippen LogP contribution < -0.4 is 0 Å².